The van der Waals surface area contributed by atoms with E-state index in [1.807, 2.05) is 50.2 Å². The van der Waals surface area contributed by atoms with Crippen LogP contribution in [0.1, 0.15) is 87.7 Å². The number of allylic oxidation sites excluding steroid dienone is 1. The predicted octanol–water partition coefficient (Wildman–Crippen LogP) is 7.09. The van der Waals surface area contributed by atoms with Gasteiger partial charge in [0.05, 0.1) is 0 Å². The number of piperidine rings is 1. The van der Waals surface area contributed by atoms with Crippen LogP contribution in [0, 0.1) is 5.41 Å². The molecule has 2 aliphatic carbocycles. The number of likely N-dealkylation sites (tertiary alicyclic amines) is 1. The zero-order valence-electron chi connectivity index (χ0n) is 21.1. The molecule has 1 spiro atoms. The van der Waals surface area contributed by atoms with Gasteiger partial charge in [0.2, 0.25) is 0 Å². The van der Waals surface area contributed by atoms with Crippen molar-refractivity contribution >= 4 is 24.3 Å². The maximum Gasteiger partial charge on any atom is 0.410 e. The molecular weight excluding hydrogens is 438 g/mol. The van der Waals surface area contributed by atoms with E-state index in [2.05, 4.69) is 29.4 Å². The van der Waals surface area contributed by atoms with E-state index in [1.165, 1.54) is 5.57 Å². The van der Waals surface area contributed by atoms with E-state index < -0.39 is 5.60 Å². The lowest BCUT2D eigenvalue weighted by atomic mass is 9.60. The first-order chi connectivity index (χ1) is 16.7. The molecule has 3 fully saturated rings. The van der Waals surface area contributed by atoms with E-state index in [0.29, 0.717) is 5.92 Å². The van der Waals surface area contributed by atoms with Crippen molar-refractivity contribution in [3.63, 3.8) is 0 Å². The summed E-state index contributed by atoms with van der Waals surface area (Å²) in [6.45, 7) is 15.2. The van der Waals surface area contributed by atoms with E-state index in [4.69, 9.17) is 9.26 Å². The molecular formula is C29H35N3O3. The van der Waals surface area contributed by atoms with Gasteiger partial charge in [-0.25, -0.2) is 4.79 Å². The first-order valence-corrected chi connectivity index (χ1v) is 12.6. The van der Waals surface area contributed by atoms with E-state index >= 15 is 0 Å². The molecule has 2 aromatic rings. The summed E-state index contributed by atoms with van der Waals surface area (Å²) in [6.07, 6.45) is 15.8. The number of nitrogens with zero attached hydrogens (tertiary/aromatic N) is 3. The highest BCUT2D eigenvalue weighted by Gasteiger charge is 2.44. The minimum absolute atomic E-state index is 0.195. The van der Waals surface area contributed by atoms with Crippen LogP contribution in [-0.2, 0) is 4.74 Å². The Hall–Kier alpha value is -3.15. The summed E-state index contributed by atoms with van der Waals surface area (Å²) in [4.78, 5) is 18.6. The molecule has 0 aromatic carbocycles. The summed E-state index contributed by atoms with van der Waals surface area (Å²) in [5, 5.41) is 4.54. The van der Waals surface area contributed by atoms with Crippen molar-refractivity contribution in [2.75, 3.05) is 13.1 Å². The molecule has 6 nitrogen and oxygen atoms in total. The van der Waals surface area contributed by atoms with E-state index in [-0.39, 0.29) is 11.5 Å². The second-order valence-electron chi connectivity index (χ2n) is 11.3. The first-order valence-electron chi connectivity index (χ1n) is 12.6. The van der Waals surface area contributed by atoms with Gasteiger partial charge >= 0.3 is 6.09 Å². The van der Waals surface area contributed by atoms with Gasteiger partial charge in [-0.15, -0.1) is 0 Å². The molecule has 6 heteroatoms. The molecule has 5 rings (SSSR count). The Bertz CT molecular complexity index is 1150. The number of ether oxygens (including phenoxy) is 1. The number of carbonyl (C=O) groups is 1. The average Bonchev–Trinajstić information content (AvgIpc) is 3.57. The molecule has 1 saturated heterocycles. The standard InChI is InChI=1S/C29H35N3O3/c1-6-20-17-30-18-21(7-2)24(20)25-23(26(35-31-25)22-8-9-22)14-19-15-29(16-19)10-12-32(13-11-29)27(33)34-28(3,4)5/h6-7,14,17-18,22H,1-2,8-13,15-16H2,3-5H3. The van der Waals surface area contributed by atoms with Gasteiger partial charge in [-0.2, -0.15) is 0 Å². The van der Waals surface area contributed by atoms with Crippen molar-refractivity contribution < 1.29 is 14.1 Å². The molecule has 3 heterocycles. The molecule has 2 saturated carbocycles. The van der Waals surface area contributed by atoms with Crippen molar-refractivity contribution in [3.05, 3.63) is 53.6 Å². The predicted molar refractivity (Wildman–Crippen MR) is 139 cm³/mol. The van der Waals surface area contributed by atoms with Crippen LogP contribution < -0.4 is 0 Å². The Morgan fingerprint density at radius 2 is 1.77 bits per heavy atom. The number of hydrogen-bond acceptors (Lipinski definition) is 5. The Morgan fingerprint density at radius 1 is 1.14 bits per heavy atom. The molecule has 184 valence electrons. The quantitative estimate of drug-likeness (QED) is 0.463. The van der Waals surface area contributed by atoms with Crippen LogP contribution in [-0.4, -0.2) is 39.8 Å². The Kier molecular flexibility index (Phi) is 5.94. The molecule has 2 aromatic heterocycles. The van der Waals surface area contributed by atoms with Crippen LogP contribution in [0.5, 0.6) is 0 Å². The summed E-state index contributed by atoms with van der Waals surface area (Å²) in [6, 6.07) is 0. The van der Waals surface area contributed by atoms with Crippen molar-refractivity contribution in [1.29, 1.82) is 0 Å². The zero-order chi connectivity index (χ0) is 24.8. The van der Waals surface area contributed by atoms with E-state index in [9.17, 15) is 4.79 Å². The van der Waals surface area contributed by atoms with Crippen LogP contribution >= 0.6 is 0 Å². The number of amides is 1. The van der Waals surface area contributed by atoms with Crippen molar-refractivity contribution in [2.24, 2.45) is 5.41 Å². The maximum absolute atomic E-state index is 12.4. The summed E-state index contributed by atoms with van der Waals surface area (Å²) >= 11 is 0. The molecule has 0 bridgehead atoms. The minimum atomic E-state index is -0.458. The first kappa shape index (κ1) is 23.6. The van der Waals surface area contributed by atoms with Gasteiger partial charge in [-0.3, -0.25) is 4.98 Å². The molecule has 0 atom stereocenters. The number of rotatable bonds is 5. The highest BCUT2D eigenvalue weighted by atomic mass is 16.6. The van der Waals surface area contributed by atoms with Gasteiger partial charge in [-0.1, -0.05) is 36.0 Å². The largest absolute Gasteiger partial charge is 0.444 e. The molecule has 1 amide bonds. The third-order valence-corrected chi connectivity index (χ3v) is 7.41. The van der Waals surface area contributed by atoms with Gasteiger partial charge in [0.1, 0.15) is 17.1 Å². The smallest absolute Gasteiger partial charge is 0.410 e. The zero-order valence-corrected chi connectivity index (χ0v) is 21.1. The maximum atomic E-state index is 12.4. The van der Waals surface area contributed by atoms with Crippen molar-refractivity contribution in [3.8, 4) is 11.3 Å². The van der Waals surface area contributed by atoms with Gasteiger partial charge in [0.25, 0.3) is 0 Å². The van der Waals surface area contributed by atoms with Crippen LogP contribution in [0.15, 0.2) is 35.6 Å². The minimum Gasteiger partial charge on any atom is -0.444 e. The fraction of sp³-hybridized carbons (Fsp3) is 0.483. The highest BCUT2D eigenvalue weighted by Crippen LogP contribution is 2.54. The van der Waals surface area contributed by atoms with Crippen LogP contribution in [0.2, 0.25) is 0 Å². The lowest BCUT2D eigenvalue weighted by Crippen LogP contribution is -2.47. The molecule has 35 heavy (non-hydrogen) atoms. The van der Waals surface area contributed by atoms with Crippen molar-refractivity contribution in [2.45, 2.75) is 70.8 Å². The molecule has 0 radical (unpaired) electrons. The van der Waals surface area contributed by atoms with E-state index in [1.54, 1.807) is 0 Å². The lowest BCUT2D eigenvalue weighted by Gasteiger charge is -2.49. The average molecular weight is 474 g/mol. The second-order valence-corrected chi connectivity index (χ2v) is 11.3. The number of pyridine rings is 1. The van der Waals surface area contributed by atoms with Crippen LogP contribution in [0.25, 0.3) is 29.5 Å². The lowest BCUT2D eigenvalue weighted by molar-refractivity contribution is 0.00448. The Labute approximate surface area is 207 Å². The number of carbonyl (C=O) groups excluding carboxylic acids is 1. The SMILES string of the molecule is C=Cc1cncc(C=C)c1-c1noc(C2CC2)c1C=C1CC2(CCN(C(=O)OC(C)(C)C)CC2)C1. The normalized spacial score (nSPS) is 19.3. The van der Waals surface area contributed by atoms with E-state index in [0.717, 1.165) is 85.3 Å². The summed E-state index contributed by atoms with van der Waals surface area (Å²) < 4.78 is 11.5. The monoisotopic (exact) mass is 473 g/mol. The second kappa shape index (κ2) is 8.81. The highest BCUT2D eigenvalue weighted by molar-refractivity contribution is 5.85. The Morgan fingerprint density at radius 3 is 2.31 bits per heavy atom. The molecule has 3 aliphatic rings. The topological polar surface area (TPSA) is 68.5 Å². The van der Waals surface area contributed by atoms with Gasteiger partial charge in [-0.05, 0) is 70.8 Å². The summed E-state index contributed by atoms with van der Waals surface area (Å²) in [5.41, 5.74) is 6.04. The fourth-order valence-electron chi connectivity index (χ4n) is 5.41. The third kappa shape index (κ3) is 4.71. The Balaban J connectivity index is 1.36. The van der Waals surface area contributed by atoms with Gasteiger partial charge in [0, 0.05) is 53.7 Å². The fourth-order valence-corrected chi connectivity index (χ4v) is 5.41. The molecule has 0 N–H and O–H groups in total. The van der Waals surface area contributed by atoms with Gasteiger partial charge in [0.15, 0.2) is 0 Å². The van der Waals surface area contributed by atoms with Crippen molar-refractivity contribution in [1.82, 2.24) is 15.0 Å². The van der Waals surface area contributed by atoms with Crippen LogP contribution in [0.3, 0.4) is 0 Å². The third-order valence-electron chi connectivity index (χ3n) is 7.41. The number of aromatic nitrogens is 2. The van der Waals surface area contributed by atoms with Gasteiger partial charge < -0.3 is 14.2 Å². The number of hydrogen-bond donors (Lipinski definition) is 0. The summed E-state index contributed by atoms with van der Waals surface area (Å²) in [5.74, 6) is 1.45. The molecule has 1 aliphatic heterocycles. The molecule has 0 unspecified atom stereocenters. The van der Waals surface area contributed by atoms with Crippen LogP contribution in [0.4, 0.5) is 4.79 Å². The summed E-state index contributed by atoms with van der Waals surface area (Å²) in [7, 11) is 0.